The molecule has 0 bridgehead atoms. The Bertz CT molecular complexity index is 278. The smallest absolute Gasteiger partial charge is 0.0887 e. The zero-order valence-corrected chi connectivity index (χ0v) is 9.20. The standard InChI is InChI=1S/C8H7BrCl2O/c9-4-8(12)5-1-2-6(10)7(11)3-5/h1-3,8,12H,4H2/t8-/m0/s1. The molecule has 66 valence electrons. The molecular formula is C8H7BrCl2O. The normalized spacial score (nSPS) is 13.0. The molecule has 1 atom stereocenters. The Morgan fingerprint density at radius 3 is 2.50 bits per heavy atom. The fraction of sp³-hybridized carbons (Fsp3) is 0.250. The summed E-state index contributed by atoms with van der Waals surface area (Å²) in [5, 5.41) is 10.9. The number of hydrogen-bond acceptors (Lipinski definition) is 1. The molecule has 0 unspecified atom stereocenters. The van der Waals surface area contributed by atoms with Gasteiger partial charge in [-0.05, 0) is 17.7 Å². The summed E-state index contributed by atoms with van der Waals surface area (Å²) in [6.07, 6.45) is -0.528. The summed E-state index contributed by atoms with van der Waals surface area (Å²) < 4.78 is 0. The Kier molecular flexibility index (Phi) is 3.84. The molecule has 0 fully saturated rings. The van der Waals surface area contributed by atoms with Gasteiger partial charge in [-0.25, -0.2) is 0 Å². The van der Waals surface area contributed by atoms with Crippen molar-refractivity contribution in [2.45, 2.75) is 6.10 Å². The largest absolute Gasteiger partial charge is 0.388 e. The highest BCUT2D eigenvalue weighted by atomic mass is 79.9. The minimum absolute atomic E-state index is 0.467. The van der Waals surface area contributed by atoms with E-state index in [2.05, 4.69) is 15.9 Å². The zero-order valence-electron chi connectivity index (χ0n) is 6.10. The lowest BCUT2D eigenvalue weighted by atomic mass is 10.1. The third-order valence-electron chi connectivity index (χ3n) is 1.47. The van der Waals surface area contributed by atoms with Gasteiger partial charge in [-0.1, -0.05) is 45.2 Å². The molecule has 0 saturated carbocycles. The Labute approximate surface area is 89.4 Å². The van der Waals surface area contributed by atoms with Gasteiger partial charge in [0, 0.05) is 5.33 Å². The molecule has 0 aliphatic heterocycles. The van der Waals surface area contributed by atoms with Crippen LogP contribution in [0.5, 0.6) is 0 Å². The SMILES string of the molecule is O[C@@H](CBr)c1ccc(Cl)c(Cl)c1. The number of hydrogen-bond donors (Lipinski definition) is 1. The van der Waals surface area contributed by atoms with Gasteiger partial charge in [0.1, 0.15) is 0 Å². The van der Waals surface area contributed by atoms with Crippen LogP contribution in [0, 0.1) is 0 Å². The molecule has 1 aromatic carbocycles. The number of halogens is 3. The molecule has 0 aromatic heterocycles. The van der Waals surface area contributed by atoms with E-state index in [0.29, 0.717) is 15.4 Å². The minimum atomic E-state index is -0.528. The van der Waals surface area contributed by atoms with Crippen molar-refractivity contribution in [3.63, 3.8) is 0 Å². The number of benzene rings is 1. The molecule has 4 heteroatoms. The first-order valence-electron chi connectivity index (χ1n) is 3.34. The highest BCUT2D eigenvalue weighted by molar-refractivity contribution is 9.09. The van der Waals surface area contributed by atoms with Crippen LogP contribution in [0.15, 0.2) is 18.2 Å². The van der Waals surface area contributed by atoms with Gasteiger partial charge in [-0.15, -0.1) is 0 Å². The van der Waals surface area contributed by atoms with Gasteiger partial charge in [0.15, 0.2) is 0 Å². The summed E-state index contributed by atoms with van der Waals surface area (Å²) in [5.41, 5.74) is 0.765. The third kappa shape index (κ3) is 2.36. The number of rotatable bonds is 2. The maximum atomic E-state index is 9.40. The lowest BCUT2D eigenvalue weighted by molar-refractivity contribution is 0.205. The van der Waals surface area contributed by atoms with Crippen molar-refractivity contribution >= 4 is 39.1 Å². The van der Waals surface area contributed by atoms with Crippen LogP contribution in [0.1, 0.15) is 11.7 Å². The van der Waals surface area contributed by atoms with Gasteiger partial charge in [-0.3, -0.25) is 0 Å². The van der Waals surface area contributed by atoms with Crippen LogP contribution < -0.4 is 0 Å². The molecule has 0 aliphatic rings. The van der Waals surface area contributed by atoms with E-state index in [0.717, 1.165) is 5.56 Å². The molecule has 0 amide bonds. The van der Waals surface area contributed by atoms with Gasteiger partial charge in [-0.2, -0.15) is 0 Å². The molecule has 12 heavy (non-hydrogen) atoms. The molecule has 0 saturated heterocycles. The summed E-state index contributed by atoms with van der Waals surface area (Å²) in [6, 6.07) is 5.08. The first kappa shape index (κ1) is 10.3. The first-order valence-corrected chi connectivity index (χ1v) is 5.22. The minimum Gasteiger partial charge on any atom is -0.388 e. The second-order valence-electron chi connectivity index (χ2n) is 2.34. The van der Waals surface area contributed by atoms with E-state index >= 15 is 0 Å². The van der Waals surface area contributed by atoms with Crippen LogP contribution in [0.4, 0.5) is 0 Å². The molecule has 1 N–H and O–H groups in total. The van der Waals surface area contributed by atoms with Crippen molar-refractivity contribution in [3.8, 4) is 0 Å². The molecule has 0 aliphatic carbocycles. The van der Waals surface area contributed by atoms with E-state index in [4.69, 9.17) is 23.2 Å². The average molecular weight is 270 g/mol. The van der Waals surface area contributed by atoms with E-state index in [9.17, 15) is 5.11 Å². The number of alkyl halides is 1. The van der Waals surface area contributed by atoms with Gasteiger partial charge in [0.05, 0.1) is 16.1 Å². The Hall–Kier alpha value is 0.240. The molecule has 0 spiro atoms. The predicted molar refractivity (Wildman–Crippen MR) is 55.2 cm³/mol. The van der Waals surface area contributed by atoms with Gasteiger partial charge >= 0.3 is 0 Å². The fourth-order valence-corrected chi connectivity index (χ4v) is 1.49. The van der Waals surface area contributed by atoms with Crippen molar-refractivity contribution in [1.29, 1.82) is 0 Å². The Morgan fingerprint density at radius 1 is 1.33 bits per heavy atom. The first-order chi connectivity index (χ1) is 5.65. The van der Waals surface area contributed by atoms with Gasteiger partial charge < -0.3 is 5.11 Å². The monoisotopic (exact) mass is 268 g/mol. The predicted octanol–water partition coefficient (Wildman–Crippen LogP) is 3.42. The molecule has 1 nitrogen and oxygen atoms in total. The maximum Gasteiger partial charge on any atom is 0.0887 e. The molecule has 1 rings (SSSR count). The summed E-state index contributed by atoms with van der Waals surface area (Å²) in [6.45, 7) is 0. The van der Waals surface area contributed by atoms with E-state index < -0.39 is 6.10 Å². The lowest BCUT2D eigenvalue weighted by Crippen LogP contribution is -1.97. The van der Waals surface area contributed by atoms with E-state index in [1.807, 2.05) is 0 Å². The average Bonchev–Trinajstić information content (AvgIpc) is 2.08. The summed E-state index contributed by atoms with van der Waals surface area (Å²) in [7, 11) is 0. The topological polar surface area (TPSA) is 20.2 Å². The molecule has 1 aromatic rings. The van der Waals surface area contributed by atoms with Crippen LogP contribution in [-0.2, 0) is 0 Å². The van der Waals surface area contributed by atoms with E-state index in [1.165, 1.54) is 0 Å². The molecular weight excluding hydrogens is 263 g/mol. The van der Waals surface area contributed by atoms with E-state index in [-0.39, 0.29) is 0 Å². The Morgan fingerprint density at radius 2 is 2.00 bits per heavy atom. The highest BCUT2D eigenvalue weighted by Crippen LogP contribution is 2.26. The van der Waals surface area contributed by atoms with Crippen molar-refractivity contribution in [2.24, 2.45) is 0 Å². The molecule has 0 radical (unpaired) electrons. The van der Waals surface area contributed by atoms with E-state index in [1.54, 1.807) is 18.2 Å². The van der Waals surface area contributed by atoms with Crippen molar-refractivity contribution in [1.82, 2.24) is 0 Å². The van der Waals surface area contributed by atoms with Crippen molar-refractivity contribution in [3.05, 3.63) is 33.8 Å². The molecule has 0 heterocycles. The van der Waals surface area contributed by atoms with Crippen LogP contribution >= 0.6 is 39.1 Å². The number of aliphatic hydroxyl groups is 1. The van der Waals surface area contributed by atoms with Gasteiger partial charge in [0.2, 0.25) is 0 Å². The summed E-state index contributed by atoms with van der Waals surface area (Å²) in [5.74, 6) is 0. The zero-order chi connectivity index (χ0) is 9.14. The second kappa shape index (κ2) is 4.47. The van der Waals surface area contributed by atoms with Crippen LogP contribution in [0.25, 0.3) is 0 Å². The lowest BCUT2D eigenvalue weighted by Gasteiger charge is -2.07. The summed E-state index contributed by atoms with van der Waals surface area (Å²) >= 11 is 14.6. The quantitative estimate of drug-likeness (QED) is 0.816. The van der Waals surface area contributed by atoms with Crippen molar-refractivity contribution in [2.75, 3.05) is 5.33 Å². The Balaban J connectivity index is 2.96. The number of aliphatic hydroxyl groups excluding tert-OH is 1. The van der Waals surface area contributed by atoms with Crippen LogP contribution in [0.2, 0.25) is 10.0 Å². The summed E-state index contributed by atoms with van der Waals surface area (Å²) in [4.78, 5) is 0. The third-order valence-corrected chi connectivity index (χ3v) is 2.83. The highest BCUT2D eigenvalue weighted by Gasteiger charge is 2.06. The maximum absolute atomic E-state index is 9.40. The van der Waals surface area contributed by atoms with Crippen LogP contribution in [0.3, 0.4) is 0 Å². The van der Waals surface area contributed by atoms with Gasteiger partial charge in [0.25, 0.3) is 0 Å². The van der Waals surface area contributed by atoms with Crippen LogP contribution in [-0.4, -0.2) is 10.4 Å². The fourth-order valence-electron chi connectivity index (χ4n) is 0.809. The second-order valence-corrected chi connectivity index (χ2v) is 3.81. The van der Waals surface area contributed by atoms with Crippen molar-refractivity contribution < 1.29 is 5.11 Å².